The van der Waals surface area contributed by atoms with E-state index in [4.69, 9.17) is 0 Å². The van der Waals surface area contributed by atoms with Gasteiger partial charge in [0, 0.05) is 18.3 Å². The fourth-order valence-electron chi connectivity index (χ4n) is 1.91. The Labute approximate surface area is 96.8 Å². The van der Waals surface area contributed by atoms with Crippen LogP contribution < -0.4 is 10.6 Å². The molecular weight excluding hydrogens is 208 g/mol. The van der Waals surface area contributed by atoms with Gasteiger partial charge in [-0.1, -0.05) is 13.8 Å². The van der Waals surface area contributed by atoms with Crippen molar-refractivity contribution in [3.8, 4) is 0 Å². The number of carbonyl (C=O) groups excluding carboxylic acids is 1. The molecule has 3 nitrogen and oxygen atoms in total. The number of hydrogen-bond donors (Lipinski definition) is 2. The highest BCUT2D eigenvalue weighted by Gasteiger charge is 2.39. The van der Waals surface area contributed by atoms with Crippen LogP contribution in [0.4, 0.5) is 0 Å². The van der Waals surface area contributed by atoms with E-state index in [1.807, 2.05) is 0 Å². The standard InChI is InChI=1S/C11H22N2OS/c1-4-11(5-6-12-8-11)10(14)13-7-9(2)15-3/h9,12H,4-8H2,1-3H3,(H,13,14)/t9-,11+/m0/s1. The van der Waals surface area contributed by atoms with Crippen molar-refractivity contribution in [2.75, 3.05) is 25.9 Å². The summed E-state index contributed by atoms with van der Waals surface area (Å²) < 4.78 is 0. The summed E-state index contributed by atoms with van der Waals surface area (Å²) >= 11 is 1.79. The highest BCUT2D eigenvalue weighted by molar-refractivity contribution is 7.99. The van der Waals surface area contributed by atoms with Gasteiger partial charge in [0.2, 0.25) is 5.91 Å². The Morgan fingerprint density at radius 3 is 2.87 bits per heavy atom. The van der Waals surface area contributed by atoms with Crippen molar-refractivity contribution >= 4 is 17.7 Å². The Morgan fingerprint density at radius 1 is 1.67 bits per heavy atom. The van der Waals surface area contributed by atoms with Gasteiger partial charge >= 0.3 is 0 Å². The summed E-state index contributed by atoms with van der Waals surface area (Å²) in [5.74, 6) is 0.232. The first kappa shape index (κ1) is 12.8. The number of amides is 1. The van der Waals surface area contributed by atoms with Gasteiger partial charge in [0.25, 0.3) is 0 Å². The van der Waals surface area contributed by atoms with Crippen molar-refractivity contribution in [1.82, 2.24) is 10.6 Å². The summed E-state index contributed by atoms with van der Waals surface area (Å²) in [5, 5.41) is 6.85. The third kappa shape index (κ3) is 3.11. The molecule has 0 bridgehead atoms. The van der Waals surface area contributed by atoms with Crippen LogP contribution in [0.25, 0.3) is 0 Å². The summed E-state index contributed by atoms with van der Waals surface area (Å²) in [5.41, 5.74) is -0.141. The van der Waals surface area contributed by atoms with Crippen LogP contribution in [0.3, 0.4) is 0 Å². The van der Waals surface area contributed by atoms with Crippen LogP contribution in [0.1, 0.15) is 26.7 Å². The largest absolute Gasteiger partial charge is 0.354 e. The summed E-state index contributed by atoms with van der Waals surface area (Å²) in [6, 6.07) is 0. The molecule has 0 saturated carbocycles. The fraction of sp³-hybridized carbons (Fsp3) is 0.909. The third-order valence-corrected chi connectivity index (χ3v) is 4.33. The van der Waals surface area contributed by atoms with Crippen LogP contribution in [0.5, 0.6) is 0 Å². The quantitative estimate of drug-likeness (QED) is 0.747. The molecule has 1 amide bonds. The molecule has 0 aromatic carbocycles. The van der Waals surface area contributed by atoms with Crippen LogP contribution in [0, 0.1) is 5.41 Å². The van der Waals surface area contributed by atoms with Gasteiger partial charge in [-0.15, -0.1) is 0 Å². The van der Waals surface area contributed by atoms with E-state index in [2.05, 4.69) is 30.7 Å². The third-order valence-electron chi connectivity index (χ3n) is 3.35. The molecule has 88 valence electrons. The van der Waals surface area contributed by atoms with E-state index in [0.29, 0.717) is 5.25 Å². The molecule has 1 aliphatic heterocycles. The Kier molecular flexibility index (Phi) is 4.93. The number of hydrogen-bond acceptors (Lipinski definition) is 3. The van der Waals surface area contributed by atoms with Crippen LogP contribution in [-0.4, -0.2) is 37.0 Å². The highest BCUT2D eigenvalue weighted by atomic mass is 32.2. The Bertz CT molecular complexity index is 215. The SMILES string of the molecule is CC[C@@]1(C(=O)NC[C@H](C)SC)CCNC1. The molecule has 1 aliphatic rings. The van der Waals surface area contributed by atoms with Crippen molar-refractivity contribution in [3.63, 3.8) is 0 Å². The lowest BCUT2D eigenvalue weighted by Gasteiger charge is -2.25. The molecule has 0 unspecified atom stereocenters. The molecule has 0 spiro atoms. The normalized spacial score (nSPS) is 27.7. The molecule has 1 rings (SSSR count). The van der Waals surface area contributed by atoms with E-state index in [9.17, 15) is 4.79 Å². The van der Waals surface area contributed by atoms with Gasteiger partial charge in [-0.05, 0) is 25.6 Å². The number of thioether (sulfide) groups is 1. The molecule has 0 aromatic heterocycles. The number of carbonyl (C=O) groups is 1. The highest BCUT2D eigenvalue weighted by Crippen LogP contribution is 2.29. The first-order valence-corrected chi connectivity index (χ1v) is 6.95. The Hall–Kier alpha value is -0.220. The maximum Gasteiger partial charge on any atom is 0.227 e. The van der Waals surface area contributed by atoms with E-state index >= 15 is 0 Å². The van der Waals surface area contributed by atoms with Crippen LogP contribution in [-0.2, 0) is 4.79 Å². The van der Waals surface area contributed by atoms with Gasteiger partial charge in [-0.25, -0.2) is 0 Å². The van der Waals surface area contributed by atoms with Gasteiger partial charge < -0.3 is 10.6 Å². The molecule has 4 heteroatoms. The van der Waals surface area contributed by atoms with Crippen LogP contribution in [0.2, 0.25) is 0 Å². The van der Waals surface area contributed by atoms with Crippen LogP contribution >= 0.6 is 11.8 Å². The van der Waals surface area contributed by atoms with Gasteiger partial charge in [0.05, 0.1) is 5.41 Å². The van der Waals surface area contributed by atoms with Crippen molar-refractivity contribution in [2.24, 2.45) is 5.41 Å². The predicted octanol–water partition coefficient (Wildman–Crippen LogP) is 1.24. The van der Waals surface area contributed by atoms with E-state index in [-0.39, 0.29) is 11.3 Å². The van der Waals surface area contributed by atoms with E-state index in [1.54, 1.807) is 11.8 Å². The minimum atomic E-state index is -0.141. The lowest BCUT2D eigenvalue weighted by atomic mass is 9.83. The molecule has 0 aliphatic carbocycles. The van der Waals surface area contributed by atoms with Gasteiger partial charge in [0.1, 0.15) is 0 Å². The molecule has 0 aromatic rings. The second-order valence-electron chi connectivity index (χ2n) is 4.32. The lowest BCUT2D eigenvalue weighted by Crippen LogP contribution is -2.43. The number of nitrogens with one attached hydrogen (secondary N) is 2. The fourth-order valence-corrected chi connectivity index (χ4v) is 2.16. The minimum absolute atomic E-state index is 0.141. The van der Waals surface area contributed by atoms with E-state index in [1.165, 1.54) is 0 Å². The first-order chi connectivity index (χ1) is 7.14. The Morgan fingerprint density at radius 2 is 2.40 bits per heavy atom. The smallest absolute Gasteiger partial charge is 0.227 e. The summed E-state index contributed by atoms with van der Waals surface area (Å²) in [6.07, 6.45) is 3.98. The molecule has 15 heavy (non-hydrogen) atoms. The predicted molar refractivity (Wildman–Crippen MR) is 66.2 cm³/mol. The zero-order valence-electron chi connectivity index (χ0n) is 9.93. The maximum atomic E-state index is 12.1. The van der Waals surface area contributed by atoms with E-state index < -0.39 is 0 Å². The van der Waals surface area contributed by atoms with Crippen molar-refractivity contribution in [3.05, 3.63) is 0 Å². The maximum absolute atomic E-state index is 12.1. The molecular formula is C11H22N2OS. The zero-order valence-corrected chi connectivity index (χ0v) is 10.7. The topological polar surface area (TPSA) is 41.1 Å². The van der Waals surface area contributed by atoms with Crippen molar-refractivity contribution in [2.45, 2.75) is 31.9 Å². The summed E-state index contributed by atoms with van der Waals surface area (Å²) in [4.78, 5) is 12.1. The zero-order chi connectivity index (χ0) is 11.3. The van der Waals surface area contributed by atoms with Crippen LogP contribution in [0.15, 0.2) is 0 Å². The average molecular weight is 230 g/mol. The minimum Gasteiger partial charge on any atom is -0.354 e. The molecule has 2 atom stereocenters. The molecule has 2 N–H and O–H groups in total. The Balaban J connectivity index is 2.44. The molecule has 1 fully saturated rings. The van der Waals surface area contributed by atoms with Gasteiger partial charge in [-0.2, -0.15) is 11.8 Å². The van der Waals surface area contributed by atoms with Gasteiger partial charge in [-0.3, -0.25) is 4.79 Å². The second-order valence-corrected chi connectivity index (χ2v) is 5.59. The number of rotatable bonds is 5. The van der Waals surface area contributed by atoms with Gasteiger partial charge in [0.15, 0.2) is 0 Å². The average Bonchev–Trinajstić information content (AvgIpc) is 2.75. The lowest BCUT2D eigenvalue weighted by molar-refractivity contribution is -0.130. The second kappa shape index (κ2) is 5.75. The molecule has 1 saturated heterocycles. The molecule has 0 radical (unpaired) electrons. The first-order valence-electron chi connectivity index (χ1n) is 5.66. The molecule has 1 heterocycles. The van der Waals surface area contributed by atoms with Crippen molar-refractivity contribution < 1.29 is 4.79 Å². The summed E-state index contributed by atoms with van der Waals surface area (Å²) in [6.45, 7) is 6.82. The van der Waals surface area contributed by atoms with E-state index in [0.717, 1.165) is 32.5 Å². The monoisotopic (exact) mass is 230 g/mol. The summed E-state index contributed by atoms with van der Waals surface area (Å²) in [7, 11) is 0. The van der Waals surface area contributed by atoms with Crippen molar-refractivity contribution in [1.29, 1.82) is 0 Å².